The number of Topliss-reactive ketones (excluding diaryl/α,β-unsaturated/α-hetero) is 1. The molecule has 1 aliphatic rings. The highest BCUT2D eigenvalue weighted by Gasteiger charge is 2.27. The maximum atomic E-state index is 11.7. The minimum Gasteiger partial charge on any atom is -0.293 e. The first-order chi connectivity index (χ1) is 6.18. The number of thiophene rings is 1. The monoisotopic (exact) mass is 278 g/mol. The topological polar surface area (TPSA) is 17.1 Å². The molecule has 0 radical (unpaired) electrons. The van der Waals surface area contributed by atoms with E-state index >= 15 is 0 Å². The Kier molecular flexibility index (Phi) is 2.77. The SMILES string of the molecule is O=C(c1cc(Cl)c(Br)s1)C1CCC1. The lowest BCUT2D eigenvalue weighted by Crippen LogP contribution is -2.20. The van der Waals surface area contributed by atoms with Crippen molar-refractivity contribution in [3.8, 4) is 0 Å². The zero-order chi connectivity index (χ0) is 9.42. The van der Waals surface area contributed by atoms with Crippen LogP contribution in [-0.4, -0.2) is 5.78 Å². The molecule has 0 unspecified atom stereocenters. The standard InChI is InChI=1S/C9H8BrClOS/c10-9-6(11)4-7(13-9)8(12)5-2-1-3-5/h4-5H,1-3H2. The number of carbonyl (C=O) groups excluding carboxylic acids is 1. The number of rotatable bonds is 2. The van der Waals surface area contributed by atoms with Gasteiger partial charge in [-0.3, -0.25) is 4.79 Å². The molecule has 1 fully saturated rings. The summed E-state index contributed by atoms with van der Waals surface area (Å²) in [7, 11) is 0. The number of carbonyl (C=O) groups is 1. The summed E-state index contributed by atoms with van der Waals surface area (Å²) >= 11 is 10.6. The van der Waals surface area contributed by atoms with Gasteiger partial charge in [-0.1, -0.05) is 18.0 Å². The molecule has 0 amide bonds. The zero-order valence-electron chi connectivity index (χ0n) is 6.85. The molecular weight excluding hydrogens is 272 g/mol. The van der Waals surface area contributed by atoms with Gasteiger partial charge in [0.05, 0.1) is 13.7 Å². The van der Waals surface area contributed by atoms with E-state index in [2.05, 4.69) is 15.9 Å². The van der Waals surface area contributed by atoms with E-state index in [-0.39, 0.29) is 11.7 Å². The van der Waals surface area contributed by atoms with E-state index in [0.29, 0.717) is 5.02 Å². The van der Waals surface area contributed by atoms with Crippen LogP contribution in [0.3, 0.4) is 0 Å². The van der Waals surface area contributed by atoms with Crippen molar-refractivity contribution >= 4 is 44.7 Å². The molecule has 4 heteroatoms. The molecule has 1 heterocycles. The molecule has 1 saturated carbocycles. The number of hydrogen-bond donors (Lipinski definition) is 0. The molecule has 1 nitrogen and oxygen atoms in total. The van der Waals surface area contributed by atoms with Gasteiger partial charge in [-0.05, 0) is 34.8 Å². The molecule has 2 rings (SSSR count). The fourth-order valence-electron chi connectivity index (χ4n) is 1.34. The van der Waals surface area contributed by atoms with Gasteiger partial charge in [-0.25, -0.2) is 0 Å². The Labute approximate surface area is 94.2 Å². The molecule has 0 N–H and O–H groups in total. The highest BCUT2D eigenvalue weighted by atomic mass is 79.9. The van der Waals surface area contributed by atoms with Crippen LogP contribution in [0.2, 0.25) is 5.02 Å². The first kappa shape index (κ1) is 9.69. The van der Waals surface area contributed by atoms with E-state index in [9.17, 15) is 4.79 Å². The van der Waals surface area contributed by atoms with Gasteiger partial charge in [0.25, 0.3) is 0 Å². The lowest BCUT2D eigenvalue weighted by molar-refractivity contribution is 0.0859. The van der Waals surface area contributed by atoms with Gasteiger partial charge in [0, 0.05) is 5.92 Å². The summed E-state index contributed by atoms with van der Waals surface area (Å²) in [6.07, 6.45) is 3.29. The van der Waals surface area contributed by atoms with Crippen LogP contribution in [0.15, 0.2) is 9.85 Å². The third-order valence-electron chi connectivity index (χ3n) is 2.36. The molecule has 1 aliphatic carbocycles. The van der Waals surface area contributed by atoms with E-state index in [1.807, 2.05) is 0 Å². The Hall–Kier alpha value is 0.140. The maximum absolute atomic E-state index is 11.7. The van der Waals surface area contributed by atoms with Crippen LogP contribution in [0.5, 0.6) is 0 Å². The largest absolute Gasteiger partial charge is 0.293 e. The van der Waals surface area contributed by atoms with E-state index in [1.165, 1.54) is 17.8 Å². The molecule has 0 spiro atoms. The van der Waals surface area contributed by atoms with Gasteiger partial charge >= 0.3 is 0 Å². The Morgan fingerprint density at radius 3 is 2.69 bits per heavy atom. The summed E-state index contributed by atoms with van der Waals surface area (Å²) in [6, 6.07) is 1.76. The van der Waals surface area contributed by atoms with Gasteiger partial charge in [-0.15, -0.1) is 11.3 Å². The minimum atomic E-state index is 0.265. The highest BCUT2D eigenvalue weighted by Crippen LogP contribution is 2.36. The van der Waals surface area contributed by atoms with Crippen molar-refractivity contribution in [3.05, 3.63) is 19.8 Å². The second-order valence-electron chi connectivity index (χ2n) is 3.22. The van der Waals surface area contributed by atoms with Crippen molar-refractivity contribution < 1.29 is 4.79 Å². The molecule has 0 atom stereocenters. The fourth-order valence-corrected chi connectivity index (χ4v) is 3.06. The minimum absolute atomic E-state index is 0.265. The summed E-state index contributed by atoms with van der Waals surface area (Å²) < 4.78 is 0.858. The van der Waals surface area contributed by atoms with Crippen LogP contribution in [0, 0.1) is 5.92 Å². The first-order valence-corrected chi connectivity index (χ1v) is 6.16. The average Bonchev–Trinajstić information content (AvgIpc) is 2.28. The molecule has 0 aliphatic heterocycles. The molecule has 1 aromatic heterocycles. The van der Waals surface area contributed by atoms with Crippen LogP contribution >= 0.6 is 38.9 Å². The zero-order valence-corrected chi connectivity index (χ0v) is 10.0. The first-order valence-electron chi connectivity index (χ1n) is 4.17. The molecule has 0 bridgehead atoms. The van der Waals surface area contributed by atoms with Gasteiger partial charge in [0.2, 0.25) is 0 Å². The van der Waals surface area contributed by atoms with Crippen molar-refractivity contribution in [2.45, 2.75) is 19.3 Å². The van der Waals surface area contributed by atoms with E-state index < -0.39 is 0 Å². The van der Waals surface area contributed by atoms with E-state index in [0.717, 1.165) is 21.5 Å². The van der Waals surface area contributed by atoms with Crippen LogP contribution in [0.4, 0.5) is 0 Å². The van der Waals surface area contributed by atoms with E-state index in [4.69, 9.17) is 11.6 Å². The van der Waals surface area contributed by atoms with Crippen LogP contribution in [-0.2, 0) is 0 Å². The van der Waals surface area contributed by atoms with Gasteiger partial charge in [0.15, 0.2) is 5.78 Å². The number of ketones is 1. The van der Waals surface area contributed by atoms with Crippen molar-refractivity contribution in [1.29, 1.82) is 0 Å². The molecular formula is C9H8BrClOS. The third-order valence-corrected chi connectivity index (χ3v) is 4.85. The second kappa shape index (κ2) is 3.71. The quantitative estimate of drug-likeness (QED) is 0.743. The Morgan fingerprint density at radius 2 is 2.31 bits per heavy atom. The number of hydrogen-bond acceptors (Lipinski definition) is 2. The predicted octanol–water partition coefficient (Wildman–Crippen LogP) is 4.15. The highest BCUT2D eigenvalue weighted by molar-refractivity contribution is 9.11. The lowest BCUT2D eigenvalue weighted by atomic mass is 9.82. The smallest absolute Gasteiger partial charge is 0.175 e. The summed E-state index contributed by atoms with van der Waals surface area (Å²) in [4.78, 5) is 12.5. The van der Waals surface area contributed by atoms with Gasteiger partial charge in [0.1, 0.15) is 0 Å². The Bertz CT molecular complexity index is 324. The maximum Gasteiger partial charge on any atom is 0.175 e. The molecule has 1 aromatic rings. The molecule has 0 aromatic carbocycles. The van der Waals surface area contributed by atoms with E-state index in [1.54, 1.807) is 6.07 Å². The van der Waals surface area contributed by atoms with Crippen LogP contribution in [0.25, 0.3) is 0 Å². The second-order valence-corrected chi connectivity index (χ2v) is 6.00. The normalized spacial score (nSPS) is 17.1. The summed E-state index contributed by atoms with van der Waals surface area (Å²) in [5.74, 6) is 0.533. The summed E-state index contributed by atoms with van der Waals surface area (Å²) in [5.41, 5.74) is 0. The van der Waals surface area contributed by atoms with Crippen molar-refractivity contribution in [1.82, 2.24) is 0 Å². The molecule has 0 saturated heterocycles. The van der Waals surface area contributed by atoms with Gasteiger partial charge < -0.3 is 0 Å². The summed E-state index contributed by atoms with van der Waals surface area (Å²) in [5, 5.41) is 0.646. The Morgan fingerprint density at radius 1 is 1.62 bits per heavy atom. The Balaban J connectivity index is 2.19. The fraction of sp³-hybridized carbons (Fsp3) is 0.444. The molecule has 13 heavy (non-hydrogen) atoms. The third kappa shape index (κ3) is 1.83. The lowest BCUT2D eigenvalue weighted by Gasteiger charge is -2.22. The van der Waals surface area contributed by atoms with Crippen LogP contribution < -0.4 is 0 Å². The summed E-state index contributed by atoms with van der Waals surface area (Å²) in [6.45, 7) is 0. The number of halogens is 2. The van der Waals surface area contributed by atoms with Crippen molar-refractivity contribution in [3.63, 3.8) is 0 Å². The van der Waals surface area contributed by atoms with Crippen molar-refractivity contribution in [2.24, 2.45) is 5.92 Å². The van der Waals surface area contributed by atoms with Gasteiger partial charge in [-0.2, -0.15) is 0 Å². The molecule has 70 valence electrons. The van der Waals surface area contributed by atoms with Crippen molar-refractivity contribution in [2.75, 3.05) is 0 Å². The predicted molar refractivity (Wildman–Crippen MR) is 58.7 cm³/mol. The average molecular weight is 280 g/mol. The van der Waals surface area contributed by atoms with Crippen LogP contribution in [0.1, 0.15) is 28.9 Å².